The summed E-state index contributed by atoms with van der Waals surface area (Å²) in [6.45, 7) is 0. The van der Waals surface area contributed by atoms with Crippen molar-refractivity contribution in [2.24, 2.45) is 0 Å². The first-order chi connectivity index (χ1) is 10.3. The van der Waals surface area contributed by atoms with Gasteiger partial charge in [0, 0.05) is 5.56 Å². The summed E-state index contributed by atoms with van der Waals surface area (Å²) in [5.41, 5.74) is 1.55. The Morgan fingerprint density at radius 2 is 1.48 bits per heavy atom. The predicted molar refractivity (Wildman–Crippen MR) is 83.2 cm³/mol. The van der Waals surface area contributed by atoms with Gasteiger partial charge in [-0.2, -0.15) is 0 Å². The lowest BCUT2D eigenvalue weighted by Gasteiger charge is -2.05. The van der Waals surface area contributed by atoms with Crippen LogP contribution < -0.4 is 5.43 Å². The van der Waals surface area contributed by atoms with Crippen LogP contribution in [-0.2, 0) is 0 Å². The van der Waals surface area contributed by atoms with Crippen LogP contribution in [0.5, 0.6) is 0 Å². The van der Waals surface area contributed by atoms with E-state index in [2.05, 4.69) is 5.16 Å². The van der Waals surface area contributed by atoms with Gasteiger partial charge >= 0.3 is 0 Å². The fraction of sp³-hybridized carbons (Fsp3) is 0. The Balaban J connectivity index is 2.10. The van der Waals surface area contributed by atoms with Gasteiger partial charge in [-0.05, 0) is 22.9 Å². The van der Waals surface area contributed by atoms with Gasteiger partial charge in [0.25, 0.3) is 0 Å². The number of aromatic nitrogens is 1. The maximum absolute atomic E-state index is 12.7. The predicted octanol–water partition coefficient (Wildman–Crippen LogP) is 4.01. The van der Waals surface area contributed by atoms with Crippen LogP contribution in [0.15, 0.2) is 76.0 Å². The van der Waals surface area contributed by atoms with Crippen molar-refractivity contribution >= 4 is 21.7 Å². The van der Waals surface area contributed by atoms with Crippen molar-refractivity contribution in [3.05, 3.63) is 77.0 Å². The van der Waals surface area contributed by atoms with Gasteiger partial charge in [-0.3, -0.25) is 4.79 Å². The Bertz CT molecular complexity index is 1010. The molecule has 4 rings (SSSR count). The van der Waals surface area contributed by atoms with Crippen molar-refractivity contribution < 1.29 is 4.52 Å². The van der Waals surface area contributed by atoms with E-state index >= 15 is 0 Å². The number of hydrogen-bond donors (Lipinski definition) is 0. The van der Waals surface area contributed by atoms with Crippen molar-refractivity contribution in [3.8, 4) is 11.3 Å². The van der Waals surface area contributed by atoms with Crippen molar-refractivity contribution in [1.29, 1.82) is 0 Å². The molecular weight excluding hydrogens is 262 g/mol. The monoisotopic (exact) mass is 273 g/mol. The van der Waals surface area contributed by atoms with Crippen LogP contribution in [0.4, 0.5) is 0 Å². The van der Waals surface area contributed by atoms with E-state index in [1.54, 1.807) is 12.1 Å². The molecule has 0 fully saturated rings. The van der Waals surface area contributed by atoms with Crippen LogP contribution in [0.3, 0.4) is 0 Å². The second-order valence-electron chi connectivity index (χ2n) is 4.88. The molecule has 0 atom stereocenters. The summed E-state index contributed by atoms with van der Waals surface area (Å²) in [5, 5.41) is 6.66. The zero-order valence-corrected chi connectivity index (χ0v) is 11.1. The molecule has 4 aromatic rings. The highest BCUT2D eigenvalue weighted by atomic mass is 16.5. The highest BCUT2D eigenvalue weighted by Crippen LogP contribution is 2.26. The fourth-order valence-corrected chi connectivity index (χ4v) is 2.60. The molecule has 0 saturated carbocycles. The molecule has 100 valence electrons. The zero-order valence-electron chi connectivity index (χ0n) is 11.1. The molecule has 21 heavy (non-hydrogen) atoms. The van der Waals surface area contributed by atoms with Crippen LogP contribution in [0.2, 0.25) is 0 Å². The van der Waals surface area contributed by atoms with Gasteiger partial charge in [-0.15, -0.1) is 0 Å². The summed E-state index contributed by atoms with van der Waals surface area (Å²) in [5.74, 6) is 0. The van der Waals surface area contributed by atoms with Gasteiger partial charge < -0.3 is 4.52 Å². The Labute approximate surface area is 120 Å². The highest BCUT2D eigenvalue weighted by Gasteiger charge is 2.12. The number of rotatable bonds is 1. The van der Waals surface area contributed by atoms with E-state index < -0.39 is 0 Å². The Kier molecular flexibility index (Phi) is 2.57. The molecule has 0 aliphatic rings. The van der Waals surface area contributed by atoms with E-state index in [0.717, 1.165) is 16.3 Å². The minimum absolute atomic E-state index is 0.104. The van der Waals surface area contributed by atoms with Crippen molar-refractivity contribution in [2.75, 3.05) is 0 Å². The molecule has 0 N–H and O–H groups in total. The lowest BCUT2D eigenvalue weighted by molar-refractivity contribution is 0.445. The average molecular weight is 273 g/mol. The van der Waals surface area contributed by atoms with E-state index in [4.69, 9.17) is 4.52 Å². The van der Waals surface area contributed by atoms with Crippen LogP contribution in [0.25, 0.3) is 33.0 Å². The molecule has 0 amide bonds. The van der Waals surface area contributed by atoms with Crippen LogP contribution in [-0.4, -0.2) is 5.16 Å². The second-order valence-corrected chi connectivity index (χ2v) is 4.88. The molecule has 0 radical (unpaired) electrons. The van der Waals surface area contributed by atoms with E-state index in [-0.39, 0.29) is 5.43 Å². The number of nitrogens with zero attached hydrogens (tertiary/aromatic N) is 1. The molecule has 1 heterocycles. The standard InChI is InChI=1S/C18H11NO2/c20-18-15-9-3-4-11-16(15)21-19-17(18)14-10-5-7-12-6-1-2-8-13(12)14/h1-11H. The number of fused-ring (bicyclic) bond motifs is 2. The molecule has 3 heteroatoms. The molecule has 1 aromatic heterocycles. The summed E-state index contributed by atoms with van der Waals surface area (Å²) in [6.07, 6.45) is 0. The van der Waals surface area contributed by atoms with E-state index in [0.29, 0.717) is 16.7 Å². The lowest BCUT2D eigenvalue weighted by atomic mass is 10.0. The van der Waals surface area contributed by atoms with Crippen LogP contribution in [0.1, 0.15) is 0 Å². The normalized spacial score (nSPS) is 11.0. The van der Waals surface area contributed by atoms with Gasteiger partial charge in [0.2, 0.25) is 5.43 Å². The highest BCUT2D eigenvalue weighted by molar-refractivity contribution is 5.96. The van der Waals surface area contributed by atoms with Gasteiger partial charge in [0.05, 0.1) is 5.39 Å². The third-order valence-electron chi connectivity index (χ3n) is 3.63. The fourth-order valence-electron chi connectivity index (χ4n) is 2.60. The van der Waals surface area contributed by atoms with Gasteiger partial charge in [0.15, 0.2) is 11.3 Å². The SMILES string of the molecule is O=c1c(-c2cccc3ccccc23)noc2ccccc12. The molecule has 0 aliphatic heterocycles. The minimum atomic E-state index is -0.104. The second kappa shape index (κ2) is 4.56. The van der Waals surface area contributed by atoms with Crippen molar-refractivity contribution in [1.82, 2.24) is 5.16 Å². The molecule has 0 aliphatic carbocycles. The van der Waals surface area contributed by atoms with Crippen LogP contribution >= 0.6 is 0 Å². The minimum Gasteiger partial charge on any atom is -0.355 e. The third-order valence-corrected chi connectivity index (χ3v) is 3.63. The number of para-hydroxylation sites is 1. The number of hydrogen-bond acceptors (Lipinski definition) is 3. The van der Waals surface area contributed by atoms with E-state index in [1.807, 2.05) is 54.6 Å². The zero-order chi connectivity index (χ0) is 14.2. The van der Waals surface area contributed by atoms with Crippen LogP contribution in [0, 0.1) is 0 Å². The first kappa shape index (κ1) is 11.9. The van der Waals surface area contributed by atoms with Crippen molar-refractivity contribution in [3.63, 3.8) is 0 Å². The Morgan fingerprint density at radius 3 is 2.38 bits per heavy atom. The average Bonchev–Trinajstić information content (AvgIpc) is 2.55. The smallest absolute Gasteiger partial charge is 0.219 e. The topological polar surface area (TPSA) is 43.1 Å². The Hall–Kier alpha value is -2.94. The summed E-state index contributed by atoms with van der Waals surface area (Å²) in [4.78, 5) is 12.7. The maximum atomic E-state index is 12.7. The Morgan fingerprint density at radius 1 is 0.762 bits per heavy atom. The largest absolute Gasteiger partial charge is 0.355 e. The summed E-state index contributed by atoms with van der Waals surface area (Å²) < 4.78 is 5.38. The molecule has 0 saturated heterocycles. The molecule has 0 spiro atoms. The molecule has 3 nitrogen and oxygen atoms in total. The molecule has 3 aromatic carbocycles. The van der Waals surface area contributed by atoms with E-state index in [9.17, 15) is 4.79 Å². The van der Waals surface area contributed by atoms with Gasteiger partial charge in [0.1, 0.15) is 0 Å². The summed E-state index contributed by atoms with van der Waals surface area (Å²) in [7, 11) is 0. The summed E-state index contributed by atoms with van der Waals surface area (Å²) >= 11 is 0. The van der Waals surface area contributed by atoms with E-state index in [1.165, 1.54) is 0 Å². The maximum Gasteiger partial charge on any atom is 0.219 e. The first-order valence-electron chi connectivity index (χ1n) is 6.71. The molecular formula is C18H11NO2. The summed E-state index contributed by atoms with van der Waals surface area (Å²) in [6, 6.07) is 20.9. The number of benzene rings is 3. The third kappa shape index (κ3) is 1.82. The molecule has 0 bridgehead atoms. The molecule has 0 unspecified atom stereocenters. The van der Waals surface area contributed by atoms with Gasteiger partial charge in [-0.25, -0.2) is 0 Å². The van der Waals surface area contributed by atoms with Gasteiger partial charge in [-0.1, -0.05) is 59.8 Å². The van der Waals surface area contributed by atoms with Crippen molar-refractivity contribution in [2.45, 2.75) is 0 Å². The lowest BCUT2D eigenvalue weighted by Crippen LogP contribution is -2.07. The first-order valence-corrected chi connectivity index (χ1v) is 6.71. The quantitative estimate of drug-likeness (QED) is 0.526.